The minimum atomic E-state index is -0.422. The van der Waals surface area contributed by atoms with Crippen molar-refractivity contribution >= 4 is 34.2 Å². The Balaban J connectivity index is 1.31. The average Bonchev–Trinajstić information content (AvgIpc) is 3.48. The summed E-state index contributed by atoms with van der Waals surface area (Å²) in [6.07, 6.45) is 4.67. The van der Waals surface area contributed by atoms with Crippen LogP contribution in [0.5, 0.6) is 5.75 Å². The van der Waals surface area contributed by atoms with Crippen LogP contribution in [0.3, 0.4) is 0 Å². The summed E-state index contributed by atoms with van der Waals surface area (Å²) in [4.78, 5) is 25.2. The molecular weight excluding hydrogens is 451 g/mol. The Labute approximate surface area is 193 Å². The van der Waals surface area contributed by atoms with Crippen molar-refractivity contribution < 1.29 is 18.3 Å². The molecule has 0 unspecified atom stereocenters. The number of benzene rings is 1. The van der Waals surface area contributed by atoms with Gasteiger partial charge >= 0.3 is 0 Å². The lowest BCUT2D eigenvalue weighted by Gasteiger charge is -2.36. The summed E-state index contributed by atoms with van der Waals surface area (Å²) in [5.41, 5.74) is 1.52. The van der Waals surface area contributed by atoms with Gasteiger partial charge in [-0.3, -0.25) is 4.79 Å². The molecule has 33 heavy (non-hydrogen) atoms. The normalized spacial score (nSPS) is 14.2. The lowest BCUT2D eigenvalue weighted by molar-refractivity contribution is -0.132. The monoisotopic (exact) mass is 470 g/mol. The maximum Gasteiger partial charge on any atom is 0.247 e. The van der Waals surface area contributed by atoms with Crippen molar-refractivity contribution in [1.82, 2.24) is 24.6 Å². The highest BCUT2D eigenvalue weighted by Crippen LogP contribution is 2.33. The van der Waals surface area contributed by atoms with E-state index >= 15 is 0 Å². The van der Waals surface area contributed by atoms with Gasteiger partial charge < -0.3 is 19.0 Å². The first-order valence-corrected chi connectivity index (χ1v) is 10.7. The third kappa shape index (κ3) is 3.97. The first-order valence-electron chi connectivity index (χ1n) is 10.3. The zero-order valence-electron chi connectivity index (χ0n) is 17.7. The maximum atomic E-state index is 14.5. The Morgan fingerprint density at radius 3 is 2.76 bits per heavy atom. The van der Waals surface area contributed by atoms with Gasteiger partial charge in [0, 0.05) is 38.4 Å². The number of carbonyl (C=O) groups is 1. The van der Waals surface area contributed by atoms with Crippen molar-refractivity contribution in [3.05, 3.63) is 53.8 Å². The van der Waals surface area contributed by atoms with Crippen molar-refractivity contribution in [2.75, 3.05) is 38.2 Å². The molecule has 0 saturated carbocycles. The Hall–Kier alpha value is -3.66. The largest absolute Gasteiger partial charge is 0.495 e. The molecule has 0 radical (unpaired) electrons. The summed E-state index contributed by atoms with van der Waals surface area (Å²) in [6, 6.07) is 6.49. The second kappa shape index (κ2) is 8.70. The van der Waals surface area contributed by atoms with Gasteiger partial charge in [-0.1, -0.05) is 11.6 Å². The molecule has 0 atom stereocenters. The predicted octanol–water partition coefficient (Wildman–Crippen LogP) is 3.24. The van der Waals surface area contributed by atoms with Gasteiger partial charge in [0.05, 0.1) is 29.4 Å². The number of hydrogen-bond acceptors (Lipinski definition) is 7. The molecule has 1 aromatic carbocycles. The van der Waals surface area contributed by atoms with E-state index in [0.29, 0.717) is 54.8 Å². The maximum absolute atomic E-state index is 14.5. The minimum Gasteiger partial charge on any atom is -0.495 e. The summed E-state index contributed by atoms with van der Waals surface area (Å²) in [5.74, 6) is 0.256. The summed E-state index contributed by atoms with van der Waals surface area (Å²) < 4.78 is 26.6. The SMILES string of the molecule is COc1cc(N2CCN(C(=O)Cn3nc(-c4ncco4)c4cccnc43)CC2)c(F)cc1Cl. The number of oxazole rings is 1. The molecule has 3 aromatic heterocycles. The number of methoxy groups -OCH3 is 1. The number of halogens is 2. The third-order valence-electron chi connectivity index (χ3n) is 5.62. The highest BCUT2D eigenvalue weighted by atomic mass is 35.5. The van der Waals surface area contributed by atoms with Crippen LogP contribution in [0.1, 0.15) is 0 Å². The van der Waals surface area contributed by atoms with Crippen LogP contribution >= 0.6 is 11.6 Å². The number of anilines is 1. The highest BCUT2D eigenvalue weighted by molar-refractivity contribution is 6.32. The first kappa shape index (κ1) is 21.2. The summed E-state index contributed by atoms with van der Waals surface area (Å²) in [5, 5.41) is 5.51. The van der Waals surface area contributed by atoms with E-state index in [1.54, 1.807) is 34.1 Å². The van der Waals surface area contributed by atoms with Crippen LogP contribution in [0.15, 0.2) is 47.3 Å². The number of ether oxygens (including phenoxy) is 1. The van der Waals surface area contributed by atoms with Gasteiger partial charge in [0.2, 0.25) is 11.8 Å². The number of rotatable bonds is 5. The number of hydrogen-bond donors (Lipinski definition) is 0. The van der Waals surface area contributed by atoms with Gasteiger partial charge in [-0.05, 0) is 18.2 Å². The van der Waals surface area contributed by atoms with E-state index in [1.807, 2.05) is 11.0 Å². The van der Waals surface area contributed by atoms with Crippen LogP contribution in [0.25, 0.3) is 22.6 Å². The van der Waals surface area contributed by atoms with Crippen molar-refractivity contribution in [2.24, 2.45) is 0 Å². The standard InChI is InChI=1S/C22H20ClFN6O3/c1-32-18-12-17(16(24)11-15(18)23)28-6-8-29(9-7-28)19(31)13-30-21-14(3-2-4-25-21)20(27-30)22-26-5-10-33-22/h2-5,10-12H,6-9,13H2,1H3. The van der Waals surface area contributed by atoms with Gasteiger partial charge in [-0.15, -0.1) is 0 Å². The minimum absolute atomic E-state index is 0.0251. The van der Waals surface area contributed by atoms with Crippen molar-refractivity contribution in [3.63, 3.8) is 0 Å². The second-order valence-corrected chi connectivity index (χ2v) is 7.93. The van der Waals surface area contributed by atoms with Gasteiger partial charge in [0.15, 0.2) is 11.3 Å². The Bertz CT molecular complexity index is 1300. The topological polar surface area (TPSA) is 89.5 Å². The van der Waals surface area contributed by atoms with E-state index in [9.17, 15) is 9.18 Å². The average molecular weight is 471 g/mol. The number of pyridine rings is 1. The number of piperazine rings is 1. The number of amides is 1. The molecular formula is C22H20ClFN6O3. The number of fused-ring (bicyclic) bond motifs is 1. The molecule has 1 aliphatic heterocycles. The zero-order valence-corrected chi connectivity index (χ0v) is 18.5. The van der Waals surface area contributed by atoms with Crippen molar-refractivity contribution in [3.8, 4) is 17.3 Å². The lowest BCUT2D eigenvalue weighted by Crippen LogP contribution is -2.50. The van der Waals surface area contributed by atoms with Gasteiger partial charge in [0.25, 0.3) is 0 Å². The molecule has 1 saturated heterocycles. The molecule has 0 aliphatic carbocycles. The number of nitrogens with zero attached hydrogens (tertiary/aromatic N) is 6. The first-order chi connectivity index (χ1) is 16.0. The number of aromatic nitrogens is 4. The quantitative estimate of drug-likeness (QED) is 0.442. The molecule has 0 N–H and O–H groups in total. The molecule has 1 amide bonds. The fourth-order valence-corrected chi connectivity index (χ4v) is 4.19. The number of carbonyl (C=O) groups excluding carboxylic acids is 1. The molecule has 0 bridgehead atoms. The van der Waals surface area contributed by atoms with Crippen LogP contribution in [0.2, 0.25) is 5.02 Å². The second-order valence-electron chi connectivity index (χ2n) is 7.52. The zero-order chi connectivity index (χ0) is 22.9. The molecule has 5 rings (SSSR count). The van der Waals surface area contributed by atoms with Gasteiger partial charge in [0.1, 0.15) is 24.4 Å². The molecule has 11 heteroatoms. The summed E-state index contributed by atoms with van der Waals surface area (Å²) in [7, 11) is 1.49. The van der Waals surface area contributed by atoms with E-state index in [-0.39, 0.29) is 17.5 Å². The fourth-order valence-electron chi connectivity index (χ4n) is 3.96. The van der Waals surface area contributed by atoms with E-state index in [4.69, 9.17) is 20.8 Å². The van der Waals surface area contributed by atoms with Crippen LogP contribution < -0.4 is 9.64 Å². The Morgan fingerprint density at radius 1 is 1.21 bits per heavy atom. The smallest absolute Gasteiger partial charge is 0.247 e. The van der Waals surface area contributed by atoms with Crippen LogP contribution in [-0.2, 0) is 11.3 Å². The lowest BCUT2D eigenvalue weighted by atomic mass is 10.2. The highest BCUT2D eigenvalue weighted by Gasteiger charge is 2.25. The van der Waals surface area contributed by atoms with E-state index in [0.717, 1.165) is 5.39 Å². The molecule has 4 aromatic rings. The predicted molar refractivity (Wildman–Crippen MR) is 120 cm³/mol. The van der Waals surface area contributed by atoms with Gasteiger partial charge in [-0.25, -0.2) is 19.0 Å². The summed E-state index contributed by atoms with van der Waals surface area (Å²) >= 11 is 6.00. The van der Waals surface area contributed by atoms with E-state index < -0.39 is 5.82 Å². The van der Waals surface area contributed by atoms with Crippen LogP contribution in [0.4, 0.5) is 10.1 Å². The third-order valence-corrected chi connectivity index (χ3v) is 5.92. The van der Waals surface area contributed by atoms with Gasteiger partial charge in [-0.2, -0.15) is 5.10 Å². The fraction of sp³-hybridized carbons (Fsp3) is 0.273. The molecule has 170 valence electrons. The molecule has 9 nitrogen and oxygen atoms in total. The Morgan fingerprint density at radius 2 is 2.03 bits per heavy atom. The summed E-state index contributed by atoms with van der Waals surface area (Å²) in [6.45, 7) is 1.88. The molecule has 0 spiro atoms. The van der Waals surface area contributed by atoms with Crippen molar-refractivity contribution in [1.29, 1.82) is 0 Å². The van der Waals surface area contributed by atoms with Crippen LogP contribution in [0, 0.1) is 5.82 Å². The van der Waals surface area contributed by atoms with Crippen molar-refractivity contribution in [2.45, 2.75) is 6.54 Å². The molecule has 1 aliphatic rings. The van der Waals surface area contributed by atoms with Crippen LogP contribution in [-0.4, -0.2) is 63.8 Å². The Kier molecular flexibility index (Phi) is 5.59. The molecule has 1 fully saturated rings. The van der Waals surface area contributed by atoms with E-state index in [1.165, 1.54) is 19.4 Å². The van der Waals surface area contributed by atoms with E-state index in [2.05, 4.69) is 15.1 Å². The molecule has 4 heterocycles.